The molecule has 0 radical (unpaired) electrons. The summed E-state index contributed by atoms with van der Waals surface area (Å²) in [6.45, 7) is 4.35. The van der Waals surface area contributed by atoms with Crippen LogP contribution in [0.25, 0.3) is 10.9 Å². The zero-order chi connectivity index (χ0) is 19.6. The van der Waals surface area contributed by atoms with Crippen molar-refractivity contribution in [1.29, 1.82) is 0 Å². The number of rotatable bonds is 2. The molecular formula is C20H22FN3O3S. The summed E-state index contributed by atoms with van der Waals surface area (Å²) in [5, 5.41) is 10.1. The Hall–Kier alpha value is -2.06. The molecule has 2 fully saturated rings. The highest BCUT2D eigenvalue weighted by Crippen LogP contribution is 2.42. The third-order valence-electron chi connectivity index (χ3n) is 6.46. The van der Waals surface area contributed by atoms with Crippen LogP contribution in [0, 0.1) is 11.2 Å². The normalized spacial score (nSPS) is 24.6. The number of aryl methyl sites for hydroxylation is 1. The molecule has 1 spiro atoms. The highest BCUT2D eigenvalue weighted by Gasteiger charge is 2.43. The lowest BCUT2D eigenvalue weighted by atomic mass is 9.86. The first-order valence-electron chi connectivity index (χ1n) is 9.58. The van der Waals surface area contributed by atoms with Gasteiger partial charge in [-0.2, -0.15) is 0 Å². The highest BCUT2D eigenvalue weighted by molar-refractivity contribution is 7.99. The van der Waals surface area contributed by atoms with Crippen LogP contribution in [-0.4, -0.2) is 59.5 Å². The number of carboxylic acids is 1. The van der Waals surface area contributed by atoms with Crippen molar-refractivity contribution in [3.63, 3.8) is 0 Å². The number of pyridine rings is 1. The number of anilines is 1. The molecule has 6 nitrogen and oxygen atoms in total. The Labute approximate surface area is 165 Å². The minimum absolute atomic E-state index is 0.152. The number of fused-ring (bicyclic) bond motifs is 3. The fourth-order valence-corrected chi connectivity index (χ4v) is 6.24. The number of nitrogens with zero attached hydrogens (tertiary/aromatic N) is 3. The minimum Gasteiger partial charge on any atom is -0.477 e. The van der Waals surface area contributed by atoms with Gasteiger partial charge in [-0.25, -0.2) is 9.18 Å². The Morgan fingerprint density at radius 3 is 2.71 bits per heavy atom. The van der Waals surface area contributed by atoms with Crippen LogP contribution in [-0.2, 0) is 6.54 Å². The summed E-state index contributed by atoms with van der Waals surface area (Å²) in [5.41, 5.74) is 0.543. The zero-order valence-corrected chi connectivity index (χ0v) is 16.5. The second-order valence-corrected chi connectivity index (χ2v) is 9.38. The van der Waals surface area contributed by atoms with E-state index in [-0.39, 0.29) is 16.4 Å². The van der Waals surface area contributed by atoms with E-state index in [0.717, 1.165) is 39.0 Å². The number of benzene rings is 1. The first-order valence-corrected chi connectivity index (χ1v) is 10.6. The van der Waals surface area contributed by atoms with Crippen LogP contribution in [0.15, 0.2) is 22.0 Å². The summed E-state index contributed by atoms with van der Waals surface area (Å²) in [6, 6.07) is 2.99. The van der Waals surface area contributed by atoms with E-state index in [0.29, 0.717) is 28.5 Å². The van der Waals surface area contributed by atoms with E-state index < -0.39 is 17.2 Å². The Kier molecular flexibility index (Phi) is 4.00. The van der Waals surface area contributed by atoms with E-state index in [9.17, 15) is 14.7 Å². The van der Waals surface area contributed by atoms with E-state index in [1.165, 1.54) is 17.8 Å². The molecule has 1 aromatic carbocycles. The van der Waals surface area contributed by atoms with Crippen molar-refractivity contribution in [3.8, 4) is 0 Å². The van der Waals surface area contributed by atoms with Gasteiger partial charge in [0.1, 0.15) is 11.4 Å². The maximum Gasteiger partial charge on any atom is 0.342 e. The lowest BCUT2D eigenvalue weighted by Crippen LogP contribution is -2.30. The number of aromatic carboxylic acids is 1. The molecule has 1 unspecified atom stereocenters. The molecule has 3 aliphatic heterocycles. The Morgan fingerprint density at radius 2 is 2.00 bits per heavy atom. The Morgan fingerprint density at radius 1 is 1.21 bits per heavy atom. The number of thioether (sulfide) groups is 1. The topological polar surface area (TPSA) is 65.8 Å². The lowest BCUT2D eigenvalue weighted by molar-refractivity contribution is 0.0690. The van der Waals surface area contributed by atoms with E-state index in [1.54, 1.807) is 6.07 Å². The second-order valence-electron chi connectivity index (χ2n) is 8.29. The van der Waals surface area contributed by atoms with Crippen molar-refractivity contribution in [2.24, 2.45) is 5.41 Å². The molecule has 1 aromatic heterocycles. The number of hydrogen-bond donors (Lipinski definition) is 1. The molecule has 2 saturated heterocycles. The van der Waals surface area contributed by atoms with Gasteiger partial charge in [-0.05, 0) is 38.6 Å². The highest BCUT2D eigenvalue weighted by atomic mass is 32.2. The van der Waals surface area contributed by atoms with Crippen LogP contribution in [0.1, 0.15) is 23.2 Å². The summed E-state index contributed by atoms with van der Waals surface area (Å²) < 4.78 is 16.9. The predicted octanol–water partition coefficient (Wildman–Crippen LogP) is 2.48. The Bertz CT molecular complexity index is 1070. The maximum atomic E-state index is 15.0. The third-order valence-corrected chi connectivity index (χ3v) is 7.55. The first kappa shape index (κ1) is 18.0. The third kappa shape index (κ3) is 2.58. The smallest absolute Gasteiger partial charge is 0.342 e. The molecule has 1 N–H and O–H groups in total. The molecule has 1 atom stereocenters. The molecule has 5 rings (SSSR count). The largest absolute Gasteiger partial charge is 0.477 e. The molecule has 0 saturated carbocycles. The SMILES string of the molecule is CN1CCC2(CCN(c3cc4c(cc3F)c(=O)c(C(=O)O)c3n4CCS3)C2)C1. The van der Waals surface area contributed by atoms with Gasteiger partial charge in [0.25, 0.3) is 0 Å². The molecular weight excluding hydrogens is 381 g/mol. The van der Waals surface area contributed by atoms with Crippen molar-refractivity contribution in [1.82, 2.24) is 9.47 Å². The van der Waals surface area contributed by atoms with Crippen LogP contribution in [0.4, 0.5) is 10.1 Å². The van der Waals surface area contributed by atoms with E-state index >= 15 is 4.39 Å². The van der Waals surface area contributed by atoms with Gasteiger partial charge in [-0.15, -0.1) is 11.8 Å². The molecule has 3 aliphatic rings. The number of carboxylic acid groups (broad SMARTS) is 1. The van der Waals surface area contributed by atoms with Gasteiger partial charge in [0.05, 0.1) is 16.2 Å². The summed E-state index contributed by atoms with van der Waals surface area (Å²) in [5.74, 6) is -0.984. The standard InChI is InChI=1S/C20H22FN3O3S/c1-22-4-2-20(10-22)3-5-23(11-20)15-9-14-12(8-13(15)21)17(25)16(19(26)27)18-24(14)6-7-28-18/h8-9H,2-7,10-11H2,1H3,(H,26,27). The molecule has 148 valence electrons. The van der Waals surface area contributed by atoms with Gasteiger partial charge in [0, 0.05) is 42.7 Å². The average Bonchev–Trinajstić information content (AvgIpc) is 3.36. The fourth-order valence-electron chi connectivity index (χ4n) is 5.10. The van der Waals surface area contributed by atoms with Gasteiger partial charge in [0.2, 0.25) is 5.43 Å². The number of carbonyl (C=O) groups is 1. The molecule has 28 heavy (non-hydrogen) atoms. The second kappa shape index (κ2) is 6.22. The predicted molar refractivity (Wildman–Crippen MR) is 107 cm³/mol. The van der Waals surface area contributed by atoms with Crippen molar-refractivity contribution < 1.29 is 14.3 Å². The maximum absolute atomic E-state index is 15.0. The molecule has 0 amide bonds. The van der Waals surface area contributed by atoms with E-state index in [4.69, 9.17) is 0 Å². The van der Waals surface area contributed by atoms with E-state index in [1.807, 2.05) is 4.57 Å². The van der Waals surface area contributed by atoms with Crippen molar-refractivity contribution in [2.75, 3.05) is 43.9 Å². The first-order chi connectivity index (χ1) is 13.4. The summed E-state index contributed by atoms with van der Waals surface area (Å²) >= 11 is 1.38. The Balaban J connectivity index is 1.63. The molecule has 0 bridgehead atoms. The molecule has 2 aromatic rings. The van der Waals surface area contributed by atoms with Crippen LogP contribution in [0.5, 0.6) is 0 Å². The van der Waals surface area contributed by atoms with Gasteiger partial charge in [0.15, 0.2) is 0 Å². The minimum atomic E-state index is -1.25. The molecule has 4 heterocycles. The van der Waals surface area contributed by atoms with Crippen LogP contribution in [0.2, 0.25) is 0 Å². The number of aromatic nitrogens is 1. The van der Waals surface area contributed by atoms with Gasteiger partial charge < -0.3 is 19.5 Å². The summed E-state index contributed by atoms with van der Waals surface area (Å²) in [7, 11) is 2.13. The van der Waals surface area contributed by atoms with Crippen molar-refractivity contribution >= 4 is 34.3 Å². The zero-order valence-electron chi connectivity index (χ0n) is 15.7. The summed E-state index contributed by atoms with van der Waals surface area (Å²) in [4.78, 5) is 28.8. The van der Waals surface area contributed by atoms with Gasteiger partial charge in [-0.3, -0.25) is 4.79 Å². The van der Waals surface area contributed by atoms with Crippen LogP contribution < -0.4 is 10.3 Å². The average molecular weight is 403 g/mol. The van der Waals surface area contributed by atoms with Crippen molar-refractivity contribution in [2.45, 2.75) is 24.4 Å². The van der Waals surface area contributed by atoms with Gasteiger partial charge >= 0.3 is 5.97 Å². The molecule has 0 aliphatic carbocycles. The number of likely N-dealkylation sites (tertiary alicyclic amines) is 1. The molecule has 8 heteroatoms. The quantitative estimate of drug-likeness (QED) is 0.831. The van der Waals surface area contributed by atoms with Gasteiger partial charge in [-0.1, -0.05) is 0 Å². The van der Waals surface area contributed by atoms with Crippen LogP contribution >= 0.6 is 11.8 Å². The summed E-state index contributed by atoms with van der Waals surface area (Å²) in [6.07, 6.45) is 2.17. The monoisotopic (exact) mass is 403 g/mol. The van der Waals surface area contributed by atoms with E-state index in [2.05, 4.69) is 16.8 Å². The number of hydrogen-bond acceptors (Lipinski definition) is 5. The number of halogens is 1. The van der Waals surface area contributed by atoms with Crippen molar-refractivity contribution in [3.05, 3.63) is 33.7 Å². The van der Waals surface area contributed by atoms with Crippen LogP contribution in [0.3, 0.4) is 0 Å². The fraction of sp³-hybridized carbons (Fsp3) is 0.500. The lowest BCUT2D eigenvalue weighted by Gasteiger charge is -2.25.